The van der Waals surface area contributed by atoms with Gasteiger partial charge in [0.05, 0.1) is 0 Å². The van der Waals surface area contributed by atoms with Gasteiger partial charge >= 0.3 is 6.18 Å². The van der Waals surface area contributed by atoms with Crippen molar-refractivity contribution < 1.29 is 13.2 Å². The zero-order chi connectivity index (χ0) is 14.5. The third kappa shape index (κ3) is 5.64. The summed E-state index contributed by atoms with van der Waals surface area (Å²) in [4.78, 5) is 0. The minimum atomic E-state index is -4.06. The maximum atomic E-state index is 12.1. The molecule has 0 amide bonds. The van der Waals surface area contributed by atoms with Gasteiger partial charge in [-0.15, -0.1) is 0 Å². The number of halogens is 3. The van der Waals surface area contributed by atoms with E-state index in [-0.39, 0.29) is 12.5 Å². The molecule has 4 heteroatoms. The Kier molecular flexibility index (Phi) is 5.85. The predicted molar refractivity (Wildman–Crippen MR) is 72.2 cm³/mol. The Labute approximate surface area is 113 Å². The molecule has 19 heavy (non-hydrogen) atoms. The molecule has 0 aliphatic heterocycles. The molecule has 0 aliphatic carbocycles. The molecule has 0 radical (unpaired) electrons. The van der Waals surface area contributed by atoms with Gasteiger partial charge in [-0.3, -0.25) is 0 Å². The molecule has 1 nitrogen and oxygen atoms in total. The van der Waals surface area contributed by atoms with Crippen molar-refractivity contribution in [3.8, 4) is 0 Å². The number of benzene rings is 1. The summed E-state index contributed by atoms with van der Waals surface area (Å²) in [5.41, 5.74) is 2.29. The summed E-state index contributed by atoms with van der Waals surface area (Å²) in [5.74, 6) is 0.465. The maximum absolute atomic E-state index is 12.1. The van der Waals surface area contributed by atoms with Gasteiger partial charge in [-0.25, -0.2) is 0 Å². The minimum Gasteiger partial charge on any atom is -0.313 e. The molecule has 0 saturated heterocycles. The average Bonchev–Trinajstić information content (AvgIpc) is 2.33. The smallest absolute Gasteiger partial charge is 0.313 e. The van der Waals surface area contributed by atoms with Crippen LogP contribution in [0.3, 0.4) is 0 Å². The van der Waals surface area contributed by atoms with Gasteiger partial charge < -0.3 is 5.32 Å². The van der Waals surface area contributed by atoms with Crippen LogP contribution in [0.2, 0.25) is 0 Å². The molecule has 1 aromatic carbocycles. The van der Waals surface area contributed by atoms with Gasteiger partial charge in [0, 0.05) is 12.5 Å². The molecular weight excluding hydrogens is 251 g/mol. The molecule has 1 N–H and O–H groups in total. The van der Waals surface area contributed by atoms with E-state index in [1.54, 1.807) is 7.05 Å². The van der Waals surface area contributed by atoms with Gasteiger partial charge in [0.25, 0.3) is 0 Å². The van der Waals surface area contributed by atoms with Crippen molar-refractivity contribution in [1.29, 1.82) is 0 Å². The van der Waals surface area contributed by atoms with Crippen LogP contribution in [0, 0.1) is 0 Å². The van der Waals surface area contributed by atoms with E-state index in [1.165, 1.54) is 5.56 Å². The Bertz CT molecular complexity index is 368. The molecule has 0 saturated carbocycles. The van der Waals surface area contributed by atoms with Gasteiger partial charge in [0.1, 0.15) is 0 Å². The largest absolute Gasteiger partial charge is 0.389 e. The summed E-state index contributed by atoms with van der Waals surface area (Å²) in [5, 5.41) is 3.09. The molecule has 0 aliphatic rings. The number of alkyl halides is 3. The molecule has 1 unspecified atom stereocenters. The first-order valence-electron chi connectivity index (χ1n) is 6.67. The summed E-state index contributed by atoms with van der Waals surface area (Å²) < 4.78 is 36.4. The Hall–Kier alpha value is -1.03. The summed E-state index contributed by atoms with van der Waals surface area (Å²) in [6, 6.07) is 8.10. The molecule has 0 fully saturated rings. The highest BCUT2D eigenvalue weighted by Gasteiger charge is 2.26. The molecule has 1 rings (SSSR count). The van der Waals surface area contributed by atoms with E-state index in [1.807, 2.05) is 24.3 Å². The first-order valence-corrected chi connectivity index (χ1v) is 6.67. The quantitative estimate of drug-likeness (QED) is 0.784. The third-order valence-corrected chi connectivity index (χ3v) is 3.31. The van der Waals surface area contributed by atoms with E-state index in [2.05, 4.69) is 19.2 Å². The van der Waals surface area contributed by atoms with Crippen LogP contribution in [0.5, 0.6) is 0 Å². The van der Waals surface area contributed by atoms with E-state index < -0.39 is 12.6 Å². The number of hydrogen-bond donors (Lipinski definition) is 1. The van der Waals surface area contributed by atoms with Crippen LogP contribution < -0.4 is 5.32 Å². The fourth-order valence-electron chi connectivity index (χ4n) is 2.10. The molecule has 108 valence electrons. The van der Waals surface area contributed by atoms with Crippen molar-refractivity contribution >= 4 is 0 Å². The molecular formula is C15H22F3N. The fraction of sp³-hybridized carbons (Fsp3) is 0.600. The summed E-state index contributed by atoms with van der Waals surface area (Å²) >= 11 is 0. The second kappa shape index (κ2) is 6.94. The van der Waals surface area contributed by atoms with Crippen LogP contribution in [-0.4, -0.2) is 13.2 Å². The summed E-state index contributed by atoms with van der Waals surface area (Å²) in [6.45, 7) is 4.24. The molecule has 0 heterocycles. The highest BCUT2D eigenvalue weighted by molar-refractivity contribution is 5.26. The van der Waals surface area contributed by atoms with Crippen LogP contribution in [-0.2, 0) is 0 Å². The van der Waals surface area contributed by atoms with Crippen LogP contribution in [0.25, 0.3) is 0 Å². The van der Waals surface area contributed by atoms with Crippen molar-refractivity contribution in [3.05, 3.63) is 35.4 Å². The zero-order valence-corrected chi connectivity index (χ0v) is 11.7. The van der Waals surface area contributed by atoms with Crippen molar-refractivity contribution in [2.45, 2.75) is 51.2 Å². The SMILES string of the molecule is CNC(CCCC(F)(F)F)c1ccc(C(C)C)cc1. The van der Waals surface area contributed by atoms with E-state index in [0.29, 0.717) is 12.3 Å². The number of hydrogen-bond acceptors (Lipinski definition) is 1. The Balaban J connectivity index is 2.59. The van der Waals surface area contributed by atoms with Crippen LogP contribution in [0.4, 0.5) is 13.2 Å². The highest BCUT2D eigenvalue weighted by Crippen LogP contribution is 2.27. The van der Waals surface area contributed by atoms with Crippen LogP contribution in [0.1, 0.15) is 56.2 Å². The van der Waals surface area contributed by atoms with Gasteiger partial charge in [0.15, 0.2) is 0 Å². The highest BCUT2D eigenvalue weighted by atomic mass is 19.4. The topological polar surface area (TPSA) is 12.0 Å². The Morgan fingerprint density at radius 3 is 2.00 bits per heavy atom. The van der Waals surface area contributed by atoms with E-state index >= 15 is 0 Å². The van der Waals surface area contributed by atoms with Crippen molar-refractivity contribution in [3.63, 3.8) is 0 Å². The number of nitrogens with one attached hydrogen (secondary N) is 1. The van der Waals surface area contributed by atoms with Gasteiger partial charge in [0.2, 0.25) is 0 Å². The monoisotopic (exact) mass is 273 g/mol. The van der Waals surface area contributed by atoms with E-state index in [0.717, 1.165) is 5.56 Å². The fourth-order valence-corrected chi connectivity index (χ4v) is 2.10. The molecule has 0 aromatic heterocycles. The summed E-state index contributed by atoms with van der Waals surface area (Å²) in [7, 11) is 1.79. The standard InChI is InChI=1S/C15H22F3N/c1-11(2)12-6-8-13(9-7-12)14(19-3)5-4-10-15(16,17)18/h6-9,11,14,19H,4-5,10H2,1-3H3. The summed E-state index contributed by atoms with van der Waals surface area (Å²) in [6.07, 6.45) is -4.12. The van der Waals surface area contributed by atoms with Crippen molar-refractivity contribution in [2.24, 2.45) is 0 Å². The predicted octanol–water partition coefficient (Wildman–Crippen LogP) is 4.80. The first kappa shape index (κ1) is 16.0. The Morgan fingerprint density at radius 1 is 1.05 bits per heavy atom. The second-order valence-electron chi connectivity index (χ2n) is 5.17. The molecule has 0 bridgehead atoms. The van der Waals surface area contributed by atoms with Gasteiger partial charge in [-0.05, 0) is 36.9 Å². The zero-order valence-electron chi connectivity index (χ0n) is 11.7. The van der Waals surface area contributed by atoms with Gasteiger partial charge in [-0.2, -0.15) is 13.2 Å². The molecule has 1 aromatic rings. The van der Waals surface area contributed by atoms with Crippen molar-refractivity contribution in [1.82, 2.24) is 5.32 Å². The first-order chi connectivity index (χ1) is 8.83. The molecule has 1 atom stereocenters. The van der Waals surface area contributed by atoms with Crippen LogP contribution >= 0.6 is 0 Å². The average molecular weight is 273 g/mol. The van der Waals surface area contributed by atoms with Gasteiger partial charge in [-0.1, -0.05) is 38.1 Å². The lowest BCUT2D eigenvalue weighted by Gasteiger charge is -2.18. The number of rotatable bonds is 6. The lowest BCUT2D eigenvalue weighted by atomic mass is 9.96. The lowest BCUT2D eigenvalue weighted by Crippen LogP contribution is -2.17. The van der Waals surface area contributed by atoms with Crippen molar-refractivity contribution in [2.75, 3.05) is 7.05 Å². The lowest BCUT2D eigenvalue weighted by molar-refractivity contribution is -0.135. The third-order valence-electron chi connectivity index (χ3n) is 3.31. The van der Waals surface area contributed by atoms with E-state index in [4.69, 9.17) is 0 Å². The van der Waals surface area contributed by atoms with Crippen LogP contribution in [0.15, 0.2) is 24.3 Å². The second-order valence-corrected chi connectivity index (χ2v) is 5.17. The molecule has 0 spiro atoms. The normalized spacial score (nSPS) is 13.8. The maximum Gasteiger partial charge on any atom is 0.389 e. The Morgan fingerprint density at radius 2 is 1.58 bits per heavy atom. The minimum absolute atomic E-state index is 0.0106. The van der Waals surface area contributed by atoms with E-state index in [9.17, 15) is 13.2 Å².